The molecule has 0 aliphatic rings. The average molecular weight is 667 g/mol. The van der Waals surface area contributed by atoms with Gasteiger partial charge in [0.1, 0.15) is 29.1 Å². The maximum Gasteiger partial charge on any atom is 0.310 e. The van der Waals surface area contributed by atoms with Gasteiger partial charge in [0.25, 0.3) is 0 Å². The quantitative estimate of drug-likeness (QED) is 0.0593. The summed E-state index contributed by atoms with van der Waals surface area (Å²) >= 11 is 0. The normalized spacial score (nSPS) is 12.2. The number of carbonyl (C=O) groups excluding carboxylic acids is 2. The number of carbonyl (C=O) groups is 3. The number of hydrogen-bond donors (Lipinski definition) is 3. The summed E-state index contributed by atoms with van der Waals surface area (Å²) < 4.78 is 12.1. The van der Waals surface area contributed by atoms with Crippen LogP contribution in [0.3, 0.4) is 0 Å². The first kappa shape index (κ1) is 36.7. The minimum Gasteiger partial charge on any atom is -0.507 e. The molecule has 2 unspecified atom stereocenters. The van der Waals surface area contributed by atoms with E-state index in [9.17, 15) is 29.7 Å². The molecule has 258 valence electrons. The Kier molecular flexibility index (Phi) is 14.3. The van der Waals surface area contributed by atoms with Gasteiger partial charge in [-0.3, -0.25) is 14.4 Å². The molecule has 8 heteroatoms. The first-order valence-electron chi connectivity index (χ1n) is 17.2. The van der Waals surface area contributed by atoms with E-state index in [0.717, 1.165) is 25.7 Å². The molecular weight excluding hydrogens is 620 g/mol. The number of rotatable bonds is 21. The molecule has 0 aliphatic carbocycles. The van der Waals surface area contributed by atoms with Crippen LogP contribution >= 0.6 is 0 Å². The van der Waals surface area contributed by atoms with Crippen molar-refractivity contribution in [3.63, 3.8) is 0 Å². The van der Waals surface area contributed by atoms with Gasteiger partial charge in [0.05, 0.1) is 23.7 Å². The number of carboxylic acids is 1. The van der Waals surface area contributed by atoms with E-state index in [0.29, 0.717) is 23.3 Å². The number of phenols is 2. The lowest BCUT2D eigenvalue weighted by Gasteiger charge is -2.26. The van der Waals surface area contributed by atoms with E-state index in [1.165, 1.54) is 49.9 Å². The Morgan fingerprint density at radius 2 is 1.10 bits per heavy atom. The Morgan fingerprint density at radius 1 is 0.612 bits per heavy atom. The zero-order chi connectivity index (χ0) is 35.0. The molecule has 0 saturated heterocycles. The number of ketones is 2. The molecule has 2 atom stereocenters. The zero-order valence-corrected chi connectivity index (χ0v) is 28.1. The summed E-state index contributed by atoms with van der Waals surface area (Å²) in [5.41, 5.74) is 1.14. The van der Waals surface area contributed by atoms with Crippen molar-refractivity contribution in [2.45, 2.75) is 77.2 Å². The molecule has 4 aromatic rings. The van der Waals surface area contributed by atoms with Crippen molar-refractivity contribution in [1.29, 1.82) is 0 Å². The Labute approximate surface area is 288 Å². The topological polar surface area (TPSA) is 130 Å². The minimum atomic E-state index is -0.991. The summed E-state index contributed by atoms with van der Waals surface area (Å²) in [5.74, 6) is -2.44. The van der Waals surface area contributed by atoms with Gasteiger partial charge in [0.15, 0.2) is 11.6 Å². The van der Waals surface area contributed by atoms with E-state index in [2.05, 4.69) is 6.92 Å². The van der Waals surface area contributed by atoms with Crippen molar-refractivity contribution in [2.75, 3.05) is 6.61 Å². The summed E-state index contributed by atoms with van der Waals surface area (Å²) in [5, 5.41) is 31.6. The van der Waals surface area contributed by atoms with E-state index < -0.39 is 18.0 Å². The summed E-state index contributed by atoms with van der Waals surface area (Å²) in [4.78, 5) is 38.3. The molecule has 4 aromatic carbocycles. The molecule has 4 rings (SSSR count). The van der Waals surface area contributed by atoms with Crippen LogP contribution in [0.1, 0.15) is 103 Å². The predicted octanol–water partition coefficient (Wildman–Crippen LogP) is 9.01. The first-order valence-corrected chi connectivity index (χ1v) is 17.2. The van der Waals surface area contributed by atoms with E-state index in [4.69, 9.17) is 9.47 Å². The number of ether oxygens (including phenoxy) is 2. The van der Waals surface area contributed by atoms with Gasteiger partial charge in [-0.2, -0.15) is 0 Å². The van der Waals surface area contributed by atoms with Crippen LogP contribution in [0.2, 0.25) is 0 Å². The molecule has 0 amide bonds. The number of phenolic OH excluding ortho intramolecular Hbond substituents is 2. The van der Waals surface area contributed by atoms with Crippen LogP contribution in [-0.4, -0.2) is 45.6 Å². The van der Waals surface area contributed by atoms with E-state index in [1.807, 2.05) is 0 Å². The fourth-order valence-corrected chi connectivity index (χ4v) is 5.84. The van der Waals surface area contributed by atoms with Crippen LogP contribution in [-0.2, 0) is 4.79 Å². The SMILES string of the molecule is CCCCCCCCCCC(C(=O)O)C(CCOc1ccc(C(=O)c2ccccc2)c(O)c1)Oc1ccc(C(=O)c2ccccc2)c(O)c1. The van der Waals surface area contributed by atoms with Crippen LogP contribution < -0.4 is 9.47 Å². The molecule has 0 aliphatic heterocycles. The molecule has 3 N–H and O–H groups in total. The lowest BCUT2D eigenvalue weighted by molar-refractivity contribution is -0.145. The number of hydrogen-bond acceptors (Lipinski definition) is 7. The van der Waals surface area contributed by atoms with Crippen molar-refractivity contribution >= 4 is 17.5 Å². The van der Waals surface area contributed by atoms with Crippen LogP contribution in [0.5, 0.6) is 23.0 Å². The van der Waals surface area contributed by atoms with Gasteiger partial charge in [-0.05, 0) is 30.7 Å². The van der Waals surface area contributed by atoms with Gasteiger partial charge in [-0.1, -0.05) is 119 Å². The third kappa shape index (κ3) is 11.0. The highest BCUT2D eigenvalue weighted by Gasteiger charge is 2.30. The van der Waals surface area contributed by atoms with Crippen molar-refractivity contribution in [3.05, 3.63) is 119 Å². The zero-order valence-electron chi connectivity index (χ0n) is 28.1. The Balaban J connectivity index is 1.45. The summed E-state index contributed by atoms with van der Waals surface area (Å²) in [6, 6.07) is 26.1. The van der Waals surface area contributed by atoms with Crippen molar-refractivity contribution in [2.24, 2.45) is 5.92 Å². The second-order valence-corrected chi connectivity index (χ2v) is 12.2. The third-order valence-corrected chi connectivity index (χ3v) is 8.59. The van der Waals surface area contributed by atoms with Gasteiger partial charge >= 0.3 is 5.97 Å². The number of carboxylic acid groups (broad SMARTS) is 1. The molecule has 0 heterocycles. The molecule has 0 aromatic heterocycles. The monoisotopic (exact) mass is 666 g/mol. The van der Waals surface area contributed by atoms with Gasteiger partial charge in [0.2, 0.25) is 0 Å². The molecule has 49 heavy (non-hydrogen) atoms. The van der Waals surface area contributed by atoms with Crippen LogP contribution in [0.25, 0.3) is 0 Å². The predicted molar refractivity (Wildman–Crippen MR) is 189 cm³/mol. The van der Waals surface area contributed by atoms with Gasteiger partial charge in [-0.25, -0.2) is 0 Å². The molecule has 0 radical (unpaired) electrons. The lowest BCUT2D eigenvalue weighted by Crippen LogP contribution is -2.34. The molecule has 0 bridgehead atoms. The molecule has 0 saturated carbocycles. The standard InChI is InChI=1S/C41H46O8/c1-2-3-4-5-6-7-8-15-20-35(41(46)47)38(49-32-22-24-34(37(43)28-32)40(45)30-18-13-10-14-19-30)25-26-48-31-21-23-33(36(42)27-31)39(44)29-16-11-9-12-17-29/h9-14,16-19,21-24,27-28,35,38,42-43H,2-8,15,20,25-26H2,1H3,(H,46,47). The second kappa shape index (κ2) is 19.0. The van der Waals surface area contributed by atoms with E-state index in [-0.39, 0.29) is 53.0 Å². The highest BCUT2D eigenvalue weighted by Crippen LogP contribution is 2.30. The number of aliphatic carboxylic acids is 1. The largest absolute Gasteiger partial charge is 0.507 e. The van der Waals surface area contributed by atoms with Crippen LogP contribution in [0.15, 0.2) is 97.1 Å². The van der Waals surface area contributed by atoms with Crippen molar-refractivity contribution in [1.82, 2.24) is 0 Å². The number of benzene rings is 4. The summed E-state index contributed by atoms with van der Waals surface area (Å²) in [6.07, 6.45) is 8.42. The summed E-state index contributed by atoms with van der Waals surface area (Å²) in [7, 11) is 0. The Bertz CT molecular complexity index is 1650. The molecule has 0 spiro atoms. The average Bonchev–Trinajstić information content (AvgIpc) is 3.11. The smallest absolute Gasteiger partial charge is 0.310 e. The van der Waals surface area contributed by atoms with Crippen LogP contribution in [0, 0.1) is 5.92 Å². The fraction of sp³-hybridized carbons (Fsp3) is 0.341. The first-order chi connectivity index (χ1) is 23.8. The highest BCUT2D eigenvalue weighted by atomic mass is 16.5. The van der Waals surface area contributed by atoms with Crippen molar-refractivity contribution in [3.8, 4) is 23.0 Å². The van der Waals surface area contributed by atoms with Gasteiger partial charge in [0, 0.05) is 29.7 Å². The molecule has 8 nitrogen and oxygen atoms in total. The Hall–Kier alpha value is -5.11. The van der Waals surface area contributed by atoms with E-state index >= 15 is 0 Å². The number of unbranched alkanes of at least 4 members (excludes halogenated alkanes) is 7. The van der Waals surface area contributed by atoms with Crippen LogP contribution in [0.4, 0.5) is 0 Å². The van der Waals surface area contributed by atoms with Crippen molar-refractivity contribution < 1.29 is 39.2 Å². The maximum atomic E-state index is 12.9. The highest BCUT2D eigenvalue weighted by molar-refractivity contribution is 6.11. The maximum absolute atomic E-state index is 12.9. The minimum absolute atomic E-state index is 0.0633. The molecule has 0 fully saturated rings. The molecular formula is C41H46O8. The second-order valence-electron chi connectivity index (χ2n) is 12.2. The van der Waals surface area contributed by atoms with E-state index in [1.54, 1.807) is 72.8 Å². The summed E-state index contributed by atoms with van der Waals surface area (Å²) in [6.45, 7) is 2.25. The number of aromatic hydroxyl groups is 2. The Morgan fingerprint density at radius 3 is 1.61 bits per heavy atom. The fourth-order valence-electron chi connectivity index (χ4n) is 5.84. The third-order valence-electron chi connectivity index (χ3n) is 8.59. The van der Waals surface area contributed by atoms with Gasteiger partial charge < -0.3 is 24.8 Å². The lowest BCUT2D eigenvalue weighted by atomic mass is 9.93. The van der Waals surface area contributed by atoms with Gasteiger partial charge in [-0.15, -0.1) is 0 Å².